The molecule has 6 atom stereocenters. The first kappa shape index (κ1) is 36.7. The smallest absolute Gasteiger partial charge is 0.332 e. The largest absolute Gasteiger partial charge is 0.450 e. The van der Waals surface area contributed by atoms with Crippen LogP contribution < -0.4 is 0 Å². The maximum atomic E-state index is 13.4. The molecule has 0 aromatic rings. The first-order valence-electron chi connectivity index (χ1n) is 13.7. The van der Waals surface area contributed by atoms with Gasteiger partial charge in [-0.2, -0.15) is 0 Å². The minimum atomic E-state index is -1.61. The Labute approximate surface area is 245 Å². The third-order valence-electron chi connectivity index (χ3n) is 7.06. The lowest BCUT2D eigenvalue weighted by molar-refractivity contribution is -0.181. The average Bonchev–Trinajstić information content (AvgIpc) is 2.92. The fraction of sp³-hybridized carbons (Fsp3) is 0.778. The van der Waals surface area contributed by atoms with Crippen LogP contribution in [0.1, 0.15) is 41.5 Å². The predicted octanol–water partition coefficient (Wildman–Crippen LogP) is -1.84. The Hall–Kier alpha value is -3.30. The number of carbonyl (C=O) groups excluding carboxylic acids is 6. The van der Waals surface area contributed by atoms with E-state index >= 15 is 0 Å². The Bertz CT molecular complexity index is 877. The second-order valence-electron chi connectivity index (χ2n) is 11.2. The van der Waals surface area contributed by atoms with Gasteiger partial charge in [0.2, 0.25) is 0 Å². The Kier molecular flexibility index (Phi) is 13.8. The molecule has 0 aromatic heterocycles. The summed E-state index contributed by atoms with van der Waals surface area (Å²) in [6.07, 6.45) is -4.50. The number of aliphatic hydroxyl groups excluding tert-OH is 3. The molecule has 0 saturated carbocycles. The van der Waals surface area contributed by atoms with Crippen LogP contribution in [0.5, 0.6) is 0 Å². The van der Waals surface area contributed by atoms with Gasteiger partial charge in [0.1, 0.15) is 0 Å². The Balaban J connectivity index is 3.76. The van der Waals surface area contributed by atoms with E-state index in [0.29, 0.717) is 0 Å². The van der Waals surface area contributed by atoms with Crippen molar-refractivity contribution in [2.45, 2.75) is 78.0 Å². The van der Waals surface area contributed by atoms with E-state index in [1.165, 1.54) is 21.1 Å². The number of ether oxygens (including phenoxy) is 3. The van der Waals surface area contributed by atoms with Crippen molar-refractivity contribution in [1.82, 2.24) is 14.7 Å². The van der Waals surface area contributed by atoms with E-state index in [2.05, 4.69) is 0 Å². The molecule has 240 valence electrons. The van der Waals surface area contributed by atoms with E-state index < -0.39 is 110 Å². The first-order valence-corrected chi connectivity index (χ1v) is 13.7. The number of amides is 3. The zero-order valence-electron chi connectivity index (χ0n) is 25.7. The second-order valence-corrected chi connectivity index (χ2v) is 11.2. The molecule has 0 radical (unpaired) electrons. The van der Waals surface area contributed by atoms with Crippen LogP contribution in [0.15, 0.2) is 0 Å². The van der Waals surface area contributed by atoms with Gasteiger partial charge in [-0.1, -0.05) is 41.5 Å². The highest BCUT2D eigenvalue weighted by atomic mass is 16.6. The molecule has 1 aliphatic heterocycles. The SMILES string of the molecule is CC(C)[C@H]1OC(=O)[C@H](CO)N([14CH3])C(=O)[C@@H](C(C)C)OC(=O)[C@H](CO)N([14CH3])C(=O)[C@@H](C(C)C)OC(=O)[C@H](CO)N([14CH3])C1=O. The van der Waals surface area contributed by atoms with E-state index in [0.717, 1.165) is 14.7 Å². The highest BCUT2D eigenvalue weighted by Crippen LogP contribution is 2.20. The number of hydrogen-bond donors (Lipinski definition) is 3. The summed E-state index contributed by atoms with van der Waals surface area (Å²) < 4.78 is 16.2. The molecule has 0 aliphatic carbocycles. The number of rotatable bonds is 6. The van der Waals surface area contributed by atoms with Crippen LogP contribution >= 0.6 is 0 Å². The van der Waals surface area contributed by atoms with Gasteiger partial charge in [-0.15, -0.1) is 0 Å². The van der Waals surface area contributed by atoms with Crippen molar-refractivity contribution in [2.24, 2.45) is 17.8 Å². The van der Waals surface area contributed by atoms with Crippen LogP contribution in [-0.4, -0.2) is 143 Å². The number of likely N-dealkylation sites (N-methyl/N-ethyl adjacent to an activating group) is 3. The van der Waals surface area contributed by atoms with Crippen molar-refractivity contribution in [1.29, 1.82) is 0 Å². The standard InChI is InChI=1S/C27H45N3O12/c1-13(2)19-22(34)28(7)17(11-32)26(38)41-21(15(5)6)24(36)30(9)18(12-33)27(39)42-20(14(3)4)23(35)29(8)16(10-31)25(37)40-19/h13-21,31-33H,10-12H2,1-9H3/t16-,17-,18-,19+,20+,21+/m0/s1/i7+2,8+2,9+2. The summed E-state index contributed by atoms with van der Waals surface area (Å²) in [6, 6.07) is -4.84. The molecule has 0 unspecified atom stereocenters. The zero-order chi connectivity index (χ0) is 32.6. The Morgan fingerprint density at radius 2 is 0.714 bits per heavy atom. The molecule has 0 bridgehead atoms. The number of esters is 3. The molecule has 1 heterocycles. The molecule has 1 fully saturated rings. The molecule has 42 heavy (non-hydrogen) atoms. The minimum absolute atomic E-state index is 0.649. The normalized spacial score (nSPS) is 28.2. The van der Waals surface area contributed by atoms with E-state index in [9.17, 15) is 44.1 Å². The van der Waals surface area contributed by atoms with Crippen molar-refractivity contribution in [3.8, 4) is 0 Å². The quantitative estimate of drug-likeness (QED) is 0.225. The Morgan fingerprint density at radius 3 is 0.857 bits per heavy atom. The van der Waals surface area contributed by atoms with Crippen LogP contribution in [0.25, 0.3) is 0 Å². The zero-order valence-corrected chi connectivity index (χ0v) is 25.7. The van der Waals surface area contributed by atoms with Gasteiger partial charge in [0.25, 0.3) is 17.7 Å². The molecular formula is C27H45N3O12. The molecule has 15 heteroatoms. The molecule has 15 nitrogen and oxygen atoms in total. The summed E-state index contributed by atoms with van der Waals surface area (Å²) in [5, 5.41) is 30.0. The molecule has 0 spiro atoms. The van der Waals surface area contributed by atoms with Crippen LogP contribution in [0.2, 0.25) is 0 Å². The molecular weight excluding hydrogens is 564 g/mol. The lowest BCUT2D eigenvalue weighted by Gasteiger charge is -2.35. The minimum Gasteiger partial charge on any atom is -0.450 e. The molecule has 0 aromatic carbocycles. The summed E-state index contributed by atoms with van der Waals surface area (Å²) in [6.45, 7) is 6.60. The van der Waals surface area contributed by atoms with Gasteiger partial charge < -0.3 is 44.2 Å². The lowest BCUT2D eigenvalue weighted by atomic mass is 10.0. The molecule has 1 aliphatic rings. The van der Waals surface area contributed by atoms with Crippen molar-refractivity contribution >= 4 is 35.6 Å². The molecule has 1 rings (SSSR count). The van der Waals surface area contributed by atoms with Crippen molar-refractivity contribution < 1.29 is 58.3 Å². The molecule has 3 amide bonds. The van der Waals surface area contributed by atoms with Gasteiger partial charge in [0.05, 0.1) is 19.8 Å². The number of cyclic esters (lactones) is 3. The van der Waals surface area contributed by atoms with Gasteiger partial charge in [0, 0.05) is 21.1 Å². The van der Waals surface area contributed by atoms with Crippen molar-refractivity contribution in [2.75, 3.05) is 41.0 Å². The van der Waals surface area contributed by atoms with E-state index in [1.54, 1.807) is 41.5 Å². The number of aliphatic hydroxyl groups is 3. The summed E-state index contributed by atoms with van der Waals surface area (Å²) in [4.78, 5) is 82.1. The molecule has 3 N–H and O–H groups in total. The topological polar surface area (TPSA) is 201 Å². The maximum Gasteiger partial charge on any atom is 0.332 e. The third kappa shape index (κ3) is 8.38. The number of hydrogen-bond acceptors (Lipinski definition) is 12. The highest BCUT2D eigenvalue weighted by molar-refractivity contribution is 5.94. The number of nitrogens with zero attached hydrogens (tertiary/aromatic N) is 3. The third-order valence-corrected chi connectivity index (χ3v) is 7.06. The van der Waals surface area contributed by atoms with Crippen LogP contribution in [0, 0.1) is 17.8 Å². The summed E-state index contributed by atoms with van der Waals surface area (Å²) in [7, 11) is 3.53. The monoisotopic (exact) mass is 609 g/mol. The lowest BCUT2D eigenvalue weighted by Crippen LogP contribution is -2.57. The van der Waals surface area contributed by atoms with Gasteiger partial charge in [-0.3, -0.25) is 14.4 Å². The fourth-order valence-corrected chi connectivity index (χ4v) is 4.15. The summed E-state index contributed by atoms with van der Waals surface area (Å²) >= 11 is 0. The maximum absolute atomic E-state index is 13.4. The summed E-state index contributed by atoms with van der Waals surface area (Å²) in [5.74, 6) is -8.06. The highest BCUT2D eigenvalue weighted by Gasteiger charge is 2.43. The summed E-state index contributed by atoms with van der Waals surface area (Å²) in [5.41, 5.74) is 0. The first-order chi connectivity index (χ1) is 19.5. The van der Waals surface area contributed by atoms with E-state index in [-0.39, 0.29) is 0 Å². The predicted molar refractivity (Wildman–Crippen MR) is 145 cm³/mol. The fourth-order valence-electron chi connectivity index (χ4n) is 4.15. The van der Waals surface area contributed by atoms with Gasteiger partial charge in [-0.05, 0) is 17.8 Å². The van der Waals surface area contributed by atoms with E-state index in [1.807, 2.05) is 0 Å². The second kappa shape index (κ2) is 15.8. The van der Waals surface area contributed by atoms with Gasteiger partial charge >= 0.3 is 17.9 Å². The Morgan fingerprint density at radius 1 is 0.524 bits per heavy atom. The van der Waals surface area contributed by atoms with Crippen molar-refractivity contribution in [3.63, 3.8) is 0 Å². The molecule has 1 saturated heterocycles. The van der Waals surface area contributed by atoms with Gasteiger partial charge in [0.15, 0.2) is 36.4 Å². The van der Waals surface area contributed by atoms with Crippen LogP contribution in [0.4, 0.5) is 0 Å². The van der Waals surface area contributed by atoms with Crippen molar-refractivity contribution in [3.05, 3.63) is 0 Å². The van der Waals surface area contributed by atoms with Crippen LogP contribution in [0.3, 0.4) is 0 Å². The average molecular weight is 610 g/mol. The van der Waals surface area contributed by atoms with E-state index in [4.69, 9.17) is 14.2 Å². The van der Waals surface area contributed by atoms with Gasteiger partial charge in [-0.25, -0.2) is 14.4 Å². The number of carbonyl (C=O) groups is 6. The van der Waals surface area contributed by atoms with Crippen LogP contribution in [-0.2, 0) is 43.0 Å².